The Morgan fingerprint density at radius 1 is 1.46 bits per heavy atom. The fourth-order valence-corrected chi connectivity index (χ4v) is 2.38. The monoisotopic (exact) mass is 197 g/mol. The molecule has 1 aromatic rings. The minimum Gasteiger partial charge on any atom is -0.359 e. The van der Waals surface area contributed by atoms with Crippen molar-refractivity contribution in [2.45, 2.75) is 38.8 Å². The van der Waals surface area contributed by atoms with E-state index in [1.807, 2.05) is 6.92 Å². The van der Waals surface area contributed by atoms with E-state index in [0.29, 0.717) is 12.1 Å². The third-order valence-corrected chi connectivity index (χ3v) is 3.53. The van der Waals surface area contributed by atoms with Gasteiger partial charge in [0.25, 0.3) is 0 Å². The summed E-state index contributed by atoms with van der Waals surface area (Å²) in [7, 11) is 0. The maximum atomic E-state index is 5.70. The number of hydrogen-bond donors (Lipinski definition) is 2. The fraction of sp³-hybridized carbons (Fsp3) is 0.667. The highest BCUT2D eigenvalue weighted by Gasteiger charge is 2.26. The number of nitrogens with one attached hydrogen (secondary N) is 1. The maximum Gasteiger partial charge on any atom is 0.183 e. The average Bonchev–Trinajstić information content (AvgIpc) is 2.28. The van der Waals surface area contributed by atoms with Crippen LogP contribution in [0.15, 0.2) is 0 Å². The first-order valence-corrected chi connectivity index (χ1v) is 5.43. The minimum absolute atomic E-state index is 0.402. The van der Waals surface area contributed by atoms with Crippen LogP contribution in [0.3, 0.4) is 0 Å². The van der Waals surface area contributed by atoms with Gasteiger partial charge in [-0.1, -0.05) is 0 Å². The van der Waals surface area contributed by atoms with Crippen LogP contribution >= 0.6 is 11.3 Å². The van der Waals surface area contributed by atoms with Crippen molar-refractivity contribution in [3.63, 3.8) is 0 Å². The second-order valence-electron chi connectivity index (χ2n) is 3.73. The highest BCUT2D eigenvalue weighted by Crippen LogP contribution is 2.26. The molecule has 1 heterocycles. The van der Waals surface area contributed by atoms with Gasteiger partial charge in [-0.3, -0.25) is 0 Å². The molecule has 4 heteroatoms. The topological polar surface area (TPSA) is 50.9 Å². The van der Waals surface area contributed by atoms with Crippen molar-refractivity contribution in [2.75, 3.05) is 5.32 Å². The molecule has 0 atom stereocenters. The smallest absolute Gasteiger partial charge is 0.183 e. The molecule has 0 aromatic carbocycles. The molecule has 2 rings (SSSR count). The highest BCUT2D eigenvalue weighted by molar-refractivity contribution is 7.15. The lowest BCUT2D eigenvalue weighted by Gasteiger charge is -2.32. The quantitative estimate of drug-likeness (QED) is 0.758. The van der Waals surface area contributed by atoms with Crippen molar-refractivity contribution < 1.29 is 0 Å². The molecule has 72 valence electrons. The third-order valence-electron chi connectivity index (χ3n) is 2.53. The molecule has 0 saturated heterocycles. The fourth-order valence-electron chi connectivity index (χ4n) is 1.49. The number of hydrogen-bond acceptors (Lipinski definition) is 4. The lowest BCUT2D eigenvalue weighted by molar-refractivity contribution is 0.373. The number of anilines is 1. The number of aromatic nitrogens is 1. The van der Waals surface area contributed by atoms with Gasteiger partial charge < -0.3 is 11.1 Å². The van der Waals surface area contributed by atoms with Crippen LogP contribution in [0.1, 0.15) is 23.4 Å². The molecule has 13 heavy (non-hydrogen) atoms. The van der Waals surface area contributed by atoms with E-state index in [9.17, 15) is 0 Å². The first-order chi connectivity index (χ1) is 6.15. The summed E-state index contributed by atoms with van der Waals surface area (Å²) >= 11 is 1.73. The third kappa shape index (κ3) is 1.84. The zero-order valence-corrected chi connectivity index (χ0v) is 8.82. The molecule has 1 fully saturated rings. The van der Waals surface area contributed by atoms with Crippen molar-refractivity contribution in [1.29, 1.82) is 0 Å². The molecule has 1 saturated carbocycles. The van der Waals surface area contributed by atoms with Crippen LogP contribution in [0.5, 0.6) is 0 Å². The van der Waals surface area contributed by atoms with Crippen LogP contribution in [0.4, 0.5) is 5.13 Å². The maximum absolute atomic E-state index is 5.70. The standard InChI is InChI=1S/C9H15N3S/c1-5-6(2)13-9(11-5)12-8-3-7(10)4-8/h7-8H,3-4,10H2,1-2H3,(H,11,12). The molecular weight excluding hydrogens is 182 g/mol. The van der Waals surface area contributed by atoms with Crippen LogP contribution in [0.2, 0.25) is 0 Å². The summed E-state index contributed by atoms with van der Waals surface area (Å²) in [6.45, 7) is 4.15. The number of nitrogens with zero attached hydrogens (tertiary/aromatic N) is 1. The Morgan fingerprint density at radius 3 is 2.62 bits per heavy atom. The molecule has 0 radical (unpaired) electrons. The van der Waals surface area contributed by atoms with E-state index in [2.05, 4.69) is 17.2 Å². The number of thiazole rings is 1. The summed E-state index contributed by atoms with van der Waals surface area (Å²) < 4.78 is 0. The van der Waals surface area contributed by atoms with Gasteiger partial charge in [0.15, 0.2) is 5.13 Å². The molecule has 1 aliphatic rings. The van der Waals surface area contributed by atoms with Gasteiger partial charge in [-0.25, -0.2) is 4.98 Å². The van der Waals surface area contributed by atoms with Gasteiger partial charge in [0.2, 0.25) is 0 Å². The van der Waals surface area contributed by atoms with Crippen LogP contribution < -0.4 is 11.1 Å². The molecule has 0 aliphatic heterocycles. The predicted molar refractivity (Wildman–Crippen MR) is 56.2 cm³/mol. The second kappa shape index (κ2) is 3.27. The zero-order valence-electron chi connectivity index (χ0n) is 8.00. The summed E-state index contributed by atoms with van der Waals surface area (Å²) in [6, 6.07) is 0.958. The van der Waals surface area contributed by atoms with Crippen molar-refractivity contribution >= 4 is 16.5 Å². The predicted octanol–water partition coefficient (Wildman–Crippen LogP) is 1.66. The van der Waals surface area contributed by atoms with E-state index in [4.69, 9.17) is 5.73 Å². The highest BCUT2D eigenvalue weighted by atomic mass is 32.1. The average molecular weight is 197 g/mol. The van der Waals surface area contributed by atoms with Gasteiger partial charge in [0.1, 0.15) is 0 Å². The van der Waals surface area contributed by atoms with Gasteiger partial charge >= 0.3 is 0 Å². The summed E-state index contributed by atoms with van der Waals surface area (Å²) in [6.07, 6.45) is 2.16. The molecule has 1 aromatic heterocycles. The molecule has 1 aliphatic carbocycles. The number of aryl methyl sites for hydroxylation is 2. The summed E-state index contributed by atoms with van der Waals surface area (Å²) in [5, 5.41) is 4.45. The first-order valence-electron chi connectivity index (χ1n) is 4.61. The van der Waals surface area contributed by atoms with E-state index in [-0.39, 0.29) is 0 Å². The first kappa shape index (κ1) is 8.97. The lowest BCUT2D eigenvalue weighted by Crippen LogP contribution is -2.44. The minimum atomic E-state index is 0.402. The Morgan fingerprint density at radius 2 is 2.15 bits per heavy atom. The van der Waals surface area contributed by atoms with E-state index in [1.54, 1.807) is 11.3 Å². The summed E-state index contributed by atoms with van der Waals surface area (Å²) in [4.78, 5) is 5.72. The van der Waals surface area contributed by atoms with E-state index < -0.39 is 0 Å². The van der Waals surface area contributed by atoms with E-state index in [0.717, 1.165) is 23.7 Å². The van der Waals surface area contributed by atoms with Crippen LogP contribution in [-0.4, -0.2) is 17.1 Å². The van der Waals surface area contributed by atoms with E-state index in [1.165, 1.54) is 4.88 Å². The van der Waals surface area contributed by atoms with Gasteiger partial charge in [0, 0.05) is 17.0 Å². The SMILES string of the molecule is Cc1nc(NC2CC(N)C2)sc1C. The van der Waals surface area contributed by atoms with Gasteiger partial charge in [-0.2, -0.15) is 0 Å². The van der Waals surface area contributed by atoms with Crippen LogP contribution in [0.25, 0.3) is 0 Å². The number of nitrogens with two attached hydrogens (primary N) is 1. The normalized spacial score (nSPS) is 27.0. The van der Waals surface area contributed by atoms with Crippen LogP contribution in [-0.2, 0) is 0 Å². The summed E-state index contributed by atoms with van der Waals surface area (Å²) in [5.74, 6) is 0. The Kier molecular flexibility index (Phi) is 2.26. The van der Waals surface area contributed by atoms with Crippen molar-refractivity contribution in [3.05, 3.63) is 10.6 Å². The van der Waals surface area contributed by atoms with Crippen molar-refractivity contribution in [1.82, 2.24) is 4.98 Å². The molecular formula is C9H15N3S. The second-order valence-corrected chi connectivity index (χ2v) is 4.94. The van der Waals surface area contributed by atoms with Crippen molar-refractivity contribution in [3.8, 4) is 0 Å². The molecule has 0 spiro atoms. The number of rotatable bonds is 2. The Balaban J connectivity index is 1.95. The lowest BCUT2D eigenvalue weighted by atomic mass is 9.88. The zero-order chi connectivity index (χ0) is 9.42. The molecule has 0 bridgehead atoms. The molecule has 0 unspecified atom stereocenters. The van der Waals surface area contributed by atoms with Gasteiger partial charge in [-0.05, 0) is 26.7 Å². The Hall–Kier alpha value is -0.610. The summed E-state index contributed by atoms with van der Waals surface area (Å²) in [5.41, 5.74) is 6.84. The molecule has 0 amide bonds. The molecule has 3 nitrogen and oxygen atoms in total. The van der Waals surface area contributed by atoms with Crippen LogP contribution in [0, 0.1) is 13.8 Å². The largest absolute Gasteiger partial charge is 0.359 e. The van der Waals surface area contributed by atoms with Crippen molar-refractivity contribution in [2.24, 2.45) is 5.73 Å². The Labute approximate surface area is 82.4 Å². The molecule has 3 N–H and O–H groups in total. The van der Waals surface area contributed by atoms with E-state index >= 15 is 0 Å². The van der Waals surface area contributed by atoms with Gasteiger partial charge in [-0.15, -0.1) is 11.3 Å². The Bertz CT molecular complexity index is 282. The van der Waals surface area contributed by atoms with Gasteiger partial charge in [0.05, 0.1) is 5.69 Å².